The Hall–Kier alpha value is -3.04. The molecule has 2 unspecified atom stereocenters. The van der Waals surface area contributed by atoms with E-state index in [1.54, 1.807) is 0 Å². The van der Waals surface area contributed by atoms with Crippen molar-refractivity contribution in [3.8, 4) is 0 Å². The number of hydrogen-bond acceptors (Lipinski definition) is 8. The zero-order valence-corrected chi connectivity index (χ0v) is 17.1. The van der Waals surface area contributed by atoms with Crippen LogP contribution in [0.5, 0.6) is 0 Å². The van der Waals surface area contributed by atoms with Crippen molar-refractivity contribution < 1.29 is 38.1 Å². The molecule has 1 fully saturated rings. The van der Waals surface area contributed by atoms with E-state index < -0.39 is 24.1 Å². The molecule has 0 spiro atoms. The van der Waals surface area contributed by atoms with Gasteiger partial charge in [0.25, 0.3) is 0 Å². The van der Waals surface area contributed by atoms with Crippen molar-refractivity contribution in [1.82, 2.24) is 10.6 Å². The highest BCUT2D eigenvalue weighted by molar-refractivity contribution is 5.81. The fourth-order valence-electron chi connectivity index (χ4n) is 3.00. The van der Waals surface area contributed by atoms with Crippen molar-refractivity contribution in [2.24, 2.45) is 11.8 Å². The Bertz CT molecular complexity index is 558. The summed E-state index contributed by atoms with van der Waals surface area (Å²) >= 11 is 0. The van der Waals surface area contributed by atoms with Gasteiger partial charge in [0.15, 0.2) is 0 Å². The second-order valence-electron chi connectivity index (χ2n) is 6.68. The summed E-state index contributed by atoms with van der Waals surface area (Å²) in [4.78, 5) is 45.1. The predicted molar refractivity (Wildman–Crippen MR) is 106 cm³/mol. The third-order valence-corrected chi connectivity index (χ3v) is 4.42. The third kappa shape index (κ3) is 11.7. The molecule has 10 heteroatoms. The molecular formula is C20H30N2O8. The van der Waals surface area contributed by atoms with E-state index in [0.29, 0.717) is 13.1 Å². The highest BCUT2D eigenvalue weighted by atomic mass is 16.6. The number of rotatable bonds is 12. The van der Waals surface area contributed by atoms with Gasteiger partial charge in [-0.1, -0.05) is 19.6 Å². The lowest BCUT2D eigenvalue weighted by atomic mass is 9.81. The maximum Gasteiger partial charge on any atom is 0.407 e. The molecule has 0 aromatic heterocycles. The van der Waals surface area contributed by atoms with E-state index in [1.165, 1.54) is 0 Å². The first-order valence-corrected chi connectivity index (χ1v) is 9.84. The normalized spacial score (nSPS) is 17.7. The molecule has 2 N–H and O–H groups in total. The topological polar surface area (TPSA) is 129 Å². The lowest BCUT2D eigenvalue weighted by Crippen LogP contribution is -2.36. The number of carbonyl (C=O) groups is 4. The molecule has 10 nitrogen and oxygen atoms in total. The van der Waals surface area contributed by atoms with Gasteiger partial charge in [0.2, 0.25) is 0 Å². The molecule has 0 aliphatic heterocycles. The van der Waals surface area contributed by atoms with E-state index in [0.717, 1.165) is 37.8 Å². The van der Waals surface area contributed by atoms with E-state index in [1.807, 2.05) is 0 Å². The number of amides is 2. The van der Waals surface area contributed by atoms with Crippen LogP contribution in [0.1, 0.15) is 25.7 Å². The fourth-order valence-corrected chi connectivity index (χ4v) is 3.00. The molecule has 1 aliphatic carbocycles. The summed E-state index contributed by atoms with van der Waals surface area (Å²) in [6.07, 6.45) is 4.76. The van der Waals surface area contributed by atoms with E-state index in [9.17, 15) is 19.2 Å². The largest absolute Gasteiger partial charge is 0.459 e. The van der Waals surface area contributed by atoms with Gasteiger partial charge in [-0.05, 0) is 31.1 Å². The standard InChI is InChI=1S/C20H30N2O8/c1-3-17(23)27-8-10-29-19(25)21-13-15-6-5-7-16(12-15)14-22-20(26)30-11-9-28-18(24)4-2/h3-4,15-16H,1-2,5-14H2,(H,21,25)(H,22,26). The van der Waals surface area contributed by atoms with Crippen molar-refractivity contribution in [3.63, 3.8) is 0 Å². The lowest BCUT2D eigenvalue weighted by molar-refractivity contribution is -0.139. The molecule has 1 aliphatic rings. The summed E-state index contributed by atoms with van der Waals surface area (Å²) in [5.41, 5.74) is 0. The molecule has 0 bridgehead atoms. The van der Waals surface area contributed by atoms with Crippen LogP contribution in [0.3, 0.4) is 0 Å². The zero-order chi connectivity index (χ0) is 22.2. The van der Waals surface area contributed by atoms with Crippen LogP contribution >= 0.6 is 0 Å². The molecule has 0 radical (unpaired) electrons. The molecule has 30 heavy (non-hydrogen) atoms. The minimum absolute atomic E-state index is 0.0256. The first-order chi connectivity index (χ1) is 14.4. The van der Waals surface area contributed by atoms with E-state index in [2.05, 4.69) is 23.8 Å². The van der Waals surface area contributed by atoms with Crippen molar-refractivity contribution in [2.75, 3.05) is 39.5 Å². The van der Waals surface area contributed by atoms with E-state index in [4.69, 9.17) is 18.9 Å². The molecule has 1 rings (SSSR count). The van der Waals surface area contributed by atoms with Crippen molar-refractivity contribution in [3.05, 3.63) is 25.3 Å². The monoisotopic (exact) mass is 426 g/mol. The molecule has 2 amide bonds. The Balaban J connectivity index is 2.13. The SMILES string of the molecule is C=CC(=O)OCCOC(=O)NCC1CCCC(CNC(=O)OCCOC(=O)C=C)C1. The highest BCUT2D eigenvalue weighted by Crippen LogP contribution is 2.28. The predicted octanol–water partition coefficient (Wildman–Crippen LogP) is 1.70. The first-order valence-electron chi connectivity index (χ1n) is 9.84. The number of hydrogen-bond donors (Lipinski definition) is 2. The summed E-state index contributed by atoms with van der Waals surface area (Å²) in [5.74, 6) is -0.571. The second kappa shape index (κ2) is 14.9. The minimum Gasteiger partial charge on any atom is -0.459 e. The number of nitrogens with one attached hydrogen (secondary N) is 2. The van der Waals surface area contributed by atoms with Crippen LogP contribution in [0.2, 0.25) is 0 Å². The lowest BCUT2D eigenvalue weighted by Gasteiger charge is -2.29. The van der Waals surface area contributed by atoms with Gasteiger partial charge in [-0.2, -0.15) is 0 Å². The summed E-state index contributed by atoms with van der Waals surface area (Å²) in [6, 6.07) is 0. The smallest absolute Gasteiger partial charge is 0.407 e. The van der Waals surface area contributed by atoms with Crippen molar-refractivity contribution in [1.29, 1.82) is 0 Å². The van der Waals surface area contributed by atoms with Gasteiger partial charge >= 0.3 is 24.1 Å². The molecule has 0 heterocycles. The van der Waals surface area contributed by atoms with Crippen LogP contribution < -0.4 is 10.6 Å². The quantitative estimate of drug-likeness (QED) is 0.209. The van der Waals surface area contributed by atoms with Gasteiger partial charge in [0.05, 0.1) is 0 Å². The van der Waals surface area contributed by atoms with Crippen molar-refractivity contribution >= 4 is 24.1 Å². The Morgan fingerprint density at radius 1 is 0.733 bits per heavy atom. The fraction of sp³-hybridized carbons (Fsp3) is 0.600. The summed E-state index contributed by atoms with van der Waals surface area (Å²) < 4.78 is 19.3. The maximum atomic E-state index is 11.7. The average Bonchev–Trinajstić information content (AvgIpc) is 2.76. The average molecular weight is 426 g/mol. The number of ether oxygens (including phenoxy) is 4. The van der Waals surface area contributed by atoms with Gasteiger partial charge in [0.1, 0.15) is 26.4 Å². The molecule has 1 saturated carbocycles. The van der Waals surface area contributed by atoms with Crippen LogP contribution in [0, 0.1) is 11.8 Å². The van der Waals surface area contributed by atoms with Crippen LogP contribution in [0.25, 0.3) is 0 Å². The molecule has 168 valence electrons. The number of esters is 2. The van der Waals surface area contributed by atoms with E-state index in [-0.39, 0.29) is 38.3 Å². The molecule has 0 aromatic carbocycles. The zero-order valence-electron chi connectivity index (χ0n) is 17.1. The Morgan fingerprint density at radius 3 is 1.53 bits per heavy atom. The van der Waals surface area contributed by atoms with Crippen LogP contribution in [-0.2, 0) is 28.5 Å². The molecule has 0 aromatic rings. The molecular weight excluding hydrogens is 396 g/mol. The van der Waals surface area contributed by atoms with Gasteiger partial charge in [-0.25, -0.2) is 19.2 Å². The van der Waals surface area contributed by atoms with Gasteiger partial charge in [-0.3, -0.25) is 0 Å². The summed E-state index contributed by atoms with van der Waals surface area (Å²) in [7, 11) is 0. The molecule has 2 atom stereocenters. The number of alkyl carbamates (subject to hydrolysis) is 2. The Labute approximate surface area is 175 Å². The van der Waals surface area contributed by atoms with Gasteiger partial charge in [-0.15, -0.1) is 0 Å². The van der Waals surface area contributed by atoms with E-state index >= 15 is 0 Å². The maximum absolute atomic E-state index is 11.7. The Kier molecular flexibility index (Phi) is 12.4. The van der Waals surface area contributed by atoms with Gasteiger partial charge < -0.3 is 29.6 Å². The molecule has 0 saturated heterocycles. The first kappa shape index (κ1) is 25.0. The van der Waals surface area contributed by atoms with Crippen LogP contribution in [0.4, 0.5) is 9.59 Å². The summed E-state index contributed by atoms with van der Waals surface area (Å²) in [6.45, 7) is 7.37. The minimum atomic E-state index is -0.569. The van der Waals surface area contributed by atoms with Crippen LogP contribution in [0.15, 0.2) is 25.3 Å². The third-order valence-electron chi connectivity index (χ3n) is 4.42. The highest BCUT2D eigenvalue weighted by Gasteiger charge is 2.23. The Morgan fingerprint density at radius 2 is 1.13 bits per heavy atom. The van der Waals surface area contributed by atoms with Crippen LogP contribution in [-0.4, -0.2) is 63.6 Å². The number of carbonyl (C=O) groups excluding carboxylic acids is 4. The van der Waals surface area contributed by atoms with Gasteiger partial charge in [0, 0.05) is 25.2 Å². The van der Waals surface area contributed by atoms with Crippen molar-refractivity contribution in [2.45, 2.75) is 25.7 Å². The second-order valence-corrected chi connectivity index (χ2v) is 6.68. The summed E-state index contributed by atoms with van der Waals surface area (Å²) in [5, 5.41) is 5.41.